The van der Waals surface area contributed by atoms with Gasteiger partial charge in [-0.2, -0.15) is 0 Å². The standard InChI is InChI=1S/C24H33N3O5S/c1-15(2)14-31-18-10-6-8-16(12-19-21(28)26-23(30)33-19)20(18)27-11-7-9-17(13-27)25-22(29)32-24(3,4)5/h6,8,10,12,15,17H,7,9,11,13-14H2,1-5H3,(H,25,29)(H,26,28,30)/b19-12-. The lowest BCUT2D eigenvalue weighted by Gasteiger charge is -2.36. The lowest BCUT2D eigenvalue weighted by Crippen LogP contribution is -2.49. The van der Waals surface area contributed by atoms with E-state index in [-0.39, 0.29) is 11.3 Å². The lowest BCUT2D eigenvalue weighted by atomic mass is 10.0. The van der Waals surface area contributed by atoms with Crippen LogP contribution in [0.3, 0.4) is 0 Å². The average molecular weight is 476 g/mol. The molecule has 0 radical (unpaired) electrons. The summed E-state index contributed by atoms with van der Waals surface area (Å²) in [4.78, 5) is 38.6. The summed E-state index contributed by atoms with van der Waals surface area (Å²) in [6.45, 7) is 11.6. The fourth-order valence-corrected chi connectivity index (χ4v) is 4.37. The van der Waals surface area contributed by atoms with Gasteiger partial charge in [-0.05, 0) is 63.4 Å². The summed E-state index contributed by atoms with van der Waals surface area (Å²) < 4.78 is 11.6. The predicted molar refractivity (Wildman–Crippen MR) is 130 cm³/mol. The van der Waals surface area contributed by atoms with Crippen molar-refractivity contribution in [1.29, 1.82) is 0 Å². The largest absolute Gasteiger partial charge is 0.491 e. The summed E-state index contributed by atoms with van der Waals surface area (Å²) in [7, 11) is 0. The van der Waals surface area contributed by atoms with Gasteiger partial charge in [0.15, 0.2) is 0 Å². The molecule has 1 aromatic rings. The van der Waals surface area contributed by atoms with Crippen LogP contribution in [0.15, 0.2) is 23.1 Å². The number of anilines is 1. The normalized spacial score (nSPS) is 20.2. The maximum Gasteiger partial charge on any atom is 0.407 e. The van der Waals surface area contributed by atoms with Crippen LogP contribution < -0.4 is 20.3 Å². The van der Waals surface area contributed by atoms with Gasteiger partial charge in [-0.15, -0.1) is 0 Å². The number of thioether (sulfide) groups is 1. The third-order valence-corrected chi connectivity index (χ3v) is 5.80. The van der Waals surface area contributed by atoms with Gasteiger partial charge in [0.1, 0.15) is 11.4 Å². The molecule has 2 heterocycles. The van der Waals surface area contributed by atoms with Gasteiger partial charge < -0.3 is 19.7 Å². The zero-order chi connectivity index (χ0) is 24.2. The molecule has 2 N–H and O–H groups in total. The highest BCUT2D eigenvalue weighted by atomic mass is 32.2. The number of hydrogen-bond acceptors (Lipinski definition) is 7. The molecule has 2 aliphatic heterocycles. The zero-order valence-corrected chi connectivity index (χ0v) is 20.7. The van der Waals surface area contributed by atoms with Gasteiger partial charge in [0.05, 0.1) is 17.2 Å². The number of carbonyl (C=O) groups is 3. The molecule has 180 valence electrons. The fourth-order valence-electron chi connectivity index (χ4n) is 3.70. The minimum absolute atomic E-state index is 0.0852. The second kappa shape index (κ2) is 10.5. The number of nitrogens with one attached hydrogen (secondary N) is 2. The van der Waals surface area contributed by atoms with Crippen molar-refractivity contribution in [3.05, 3.63) is 28.7 Å². The fraction of sp³-hybridized carbons (Fsp3) is 0.542. The number of carbonyl (C=O) groups excluding carboxylic acids is 3. The summed E-state index contributed by atoms with van der Waals surface area (Å²) in [6.07, 6.45) is 3.02. The van der Waals surface area contributed by atoms with Gasteiger partial charge in [-0.3, -0.25) is 14.9 Å². The van der Waals surface area contributed by atoms with E-state index < -0.39 is 17.6 Å². The first-order chi connectivity index (χ1) is 15.5. The quantitative estimate of drug-likeness (QED) is 0.583. The van der Waals surface area contributed by atoms with Crippen LogP contribution in [-0.2, 0) is 9.53 Å². The van der Waals surface area contributed by atoms with Crippen molar-refractivity contribution in [2.75, 3.05) is 24.6 Å². The number of piperidine rings is 1. The number of nitrogens with zero attached hydrogens (tertiary/aromatic N) is 1. The number of benzene rings is 1. The molecular formula is C24H33N3O5S. The van der Waals surface area contributed by atoms with Crippen LogP contribution in [0.5, 0.6) is 5.75 Å². The smallest absolute Gasteiger partial charge is 0.407 e. The summed E-state index contributed by atoms with van der Waals surface area (Å²) in [5.41, 5.74) is 1.09. The first kappa shape index (κ1) is 25.0. The number of ether oxygens (including phenoxy) is 2. The molecule has 2 aliphatic rings. The Labute approximate surface area is 199 Å². The topological polar surface area (TPSA) is 97.0 Å². The highest BCUT2D eigenvalue weighted by molar-refractivity contribution is 8.18. The molecule has 9 heteroatoms. The average Bonchev–Trinajstić information content (AvgIpc) is 3.01. The molecule has 1 atom stereocenters. The second-order valence-electron chi connectivity index (χ2n) is 9.68. The van der Waals surface area contributed by atoms with E-state index in [4.69, 9.17) is 9.47 Å². The maximum atomic E-state index is 12.3. The van der Waals surface area contributed by atoms with Crippen LogP contribution in [0.4, 0.5) is 15.3 Å². The van der Waals surface area contributed by atoms with E-state index in [2.05, 4.69) is 29.4 Å². The van der Waals surface area contributed by atoms with Crippen LogP contribution in [-0.4, -0.2) is 48.6 Å². The molecule has 8 nitrogen and oxygen atoms in total. The Bertz CT molecular complexity index is 939. The molecule has 0 aromatic heterocycles. The van der Waals surface area contributed by atoms with Crippen LogP contribution in [0.1, 0.15) is 53.0 Å². The van der Waals surface area contributed by atoms with Gasteiger partial charge in [0, 0.05) is 24.7 Å². The van der Waals surface area contributed by atoms with E-state index in [0.717, 1.165) is 42.4 Å². The van der Waals surface area contributed by atoms with Gasteiger partial charge in [0.2, 0.25) is 0 Å². The van der Waals surface area contributed by atoms with Gasteiger partial charge >= 0.3 is 6.09 Å². The molecule has 0 bridgehead atoms. The van der Waals surface area contributed by atoms with Crippen molar-refractivity contribution >= 4 is 40.8 Å². The zero-order valence-electron chi connectivity index (χ0n) is 19.9. The highest BCUT2D eigenvalue weighted by Gasteiger charge is 2.29. The van der Waals surface area contributed by atoms with Gasteiger partial charge in [0.25, 0.3) is 11.1 Å². The van der Waals surface area contributed by atoms with E-state index in [1.165, 1.54) is 0 Å². The minimum Gasteiger partial charge on any atom is -0.491 e. The van der Waals surface area contributed by atoms with Crippen molar-refractivity contribution < 1.29 is 23.9 Å². The third kappa shape index (κ3) is 7.15. The van der Waals surface area contributed by atoms with Crippen LogP contribution >= 0.6 is 11.8 Å². The summed E-state index contributed by atoms with van der Waals surface area (Å²) >= 11 is 0.891. The molecular weight excluding hydrogens is 442 g/mol. The van der Waals surface area contributed by atoms with Crippen molar-refractivity contribution in [2.24, 2.45) is 5.92 Å². The molecule has 0 aliphatic carbocycles. The Balaban J connectivity index is 1.88. The lowest BCUT2D eigenvalue weighted by molar-refractivity contribution is -0.115. The molecule has 0 saturated carbocycles. The van der Waals surface area contributed by atoms with Crippen molar-refractivity contribution in [3.63, 3.8) is 0 Å². The molecule has 1 unspecified atom stereocenters. The summed E-state index contributed by atoms with van der Waals surface area (Å²) in [6, 6.07) is 5.62. The van der Waals surface area contributed by atoms with Gasteiger partial charge in [-0.25, -0.2) is 4.79 Å². The Morgan fingerprint density at radius 1 is 1.33 bits per heavy atom. The number of amides is 3. The molecule has 2 fully saturated rings. The number of hydrogen-bond donors (Lipinski definition) is 2. The van der Waals surface area contributed by atoms with Crippen LogP contribution in [0.25, 0.3) is 6.08 Å². The number of para-hydroxylation sites is 1. The number of alkyl carbamates (subject to hydrolysis) is 1. The Morgan fingerprint density at radius 2 is 2.09 bits per heavy atom. The monoisotopic (exact) mass is 475 g/mol. The Morgan fingerprint density at radius 3 is 2.73 bits per heavy atom. The van der Waals surface area contributed by atoms with E-state index in [1.54, 1.807) is 6.08 Å². The maximum absolute atomic E-state index is 12.3. The third-order valence-electron chi connectivity index (χ3n) is 4.99. The first-order valence-electron chi connectivity index (χ1n) is 11.3. The van der Waals surface area contributed by atoms with Crippen molar-refractivity contribution in [2.45, 2.75) is 59.1 Å². The van der Waals surface area contributed by atoms with E-state index in [0.29, 0.717) is 29.7 Å². The molecule has 3 amide bonds. The number of imide groups is 1. The second-order valence-corrected chi connectivity index (χ2v) is 10.7. The summed E-state index contributed by atoms with van der Waals surface area (Å²) in [5.74, 6) is 0.662. The molecule has 33 heavy (non-hydrogen) atoms. The molecule has 3 rings (SSSR count). The molecule has 2 saturated heterocycles. The van der Waals surface area contributed by atoms with E-state index in [9.17, 15) is 14.4 Å². The van der Waals surface area contributed by atoms with E-state index in [1.807, 2.05) is 39.0 Å². The van der Waals surface area contributed by atoms with Crippen molar-refractivity contribution in [1.82, 2.24) is 10.6 Å². The van der Waals surface area contributed by atoms with Gasteiger partial charge in [-0.1, -0.05) is 26.0 Å². The minimum atomic E-state index is -0.563. The predicted octanol–water partition coefficient (Wildman–Crippen LogP) is 4.54. The molecule has 1 aromatic carbocycles. The Kier molecular flexibility index (Phi) is 7.94. The number of rotatable bonds is 6. The van der Waals surface area contributed by atoms with E-state index >= 15 is 0 Å². The van der Waals surface area contributed by atoms with Crippen LogP contribution in [0.2, 0.25) is 0 Å². The van der Waals surface area contributed by atoms with Crippen molar-refractivity contribution in [3.8, 4) is 5.75 Å². The molecule has 0 spiro atoms. The SMILES string of the molecule is CC(C)COc1cccc(/C=C2\SC(=O)NC2=O)c1N1CCCC(NC(=O)OC(C)(C)C)C1. The van der Waals surface area contributed by atoms with Crippen LogP contribution in [0, 0.1) is 5.92 Å². The summed E-state index contributed by atoms with van der Waals surface area (Å²) in [5, 5.41) is 4.90. The highest BCUT2D eigenvalue weighted by Crippen LogP contribution is 2.37. The first-order valence-corrected chi connectivity index (χ1v) is 12.1. The Hall–Kier alpha value is -2.68.